The van der Waals surface area contributed by atoms with Crippen molar-refractivity contribution in [2.75, 3.05) is 5.32 Å². The van der Waals surface area contributed by atoms with E-state index in [9.17, 15) is 9.18 Å². The average molecular weight is 336 g/mol. The summed E-state index contributed by atoms with van der Waals surface area (Å²) < 4.78 is 13.9. The molecule has 0 saturated heterocycles. The minimum Gasteiger partial charge on any atom is -0.305 e. The Kier molecular flexibility index (Phi) is 3.70. The molecule has 0 radical (unpaired) electrons. The molecule has 2 heterocycles. The van der Waals surface area contributed by atoms with Gasteiger partial charge in [-0.2, -0.15) is 20.5 Å². The molecular formula is C17H13FN6O. The van der Waals surface area contributed by atoms with E-state index in [1.165, 1.54) is 6.07 Å². The van der Waals surface area contributed by atoms with Crippen LogP contribution in [0.3, 0.4) is 0 Å². The van der Waals surface area contributed by atoms with Crippen molar-refractivity contribution in [1.82, 2.24) is 25.6 Å². The van der Waals surface area contributed by atoms with Crippen LogP contribution in [0.4, 0.5) is 10.2 Å². The van der Waals surface area contributed by atoms with Gasteiger partial charge in [0.1, 0.15) is 11.0 Å². The Morgan fingerprint density at radius 1 is 1.08 bits per heavy atom. The van der Waals surface area contributed by atoms with Gasteiger partial charge in [0.2, 0.25) is 0 Å². The second-order valence-corrected chi connectivity index (χ2v) is 5.54. The molecule has 0 aliphatic rings. The summed E-state index contributed by atoms with van der Waals surface area (Å²) in [6, 6.07) is 14.2. The summed E-state index contributed by atoms with van der Waals surface area (Å²) in [6.45, 7) is 0. The Morgan fingerprint density at radius 3 is 2.76 bits per heavy atom. The standard InChI is InChI=1S/C17H13FN6O/c18-13-7-11(8-14-16(13)23-24-21-14)17(25)19-15-9-12(20-22-15)6-10-4-2-1-3-5-10/h1-5,7-9H,6H2,(H,21,23,24)(H2,19,20,22,25). The fraction of sp³-hybridized carbons (Fsp3) is 0.0588. The van der Waals surface area contributed by atoms with E-state index in [-0.39, 0.29) is 16.6 Å². The van der Waals surface area contributed by atoms with Gasteiger partial charge in [-0.3, -0.25) is 9.89 Å². The molecule has 0 saturated carbocycles. The highest BCUT2D eigenvalue weighted by Crippen LogP contribution is 2.17. The van der Waals surface area contributed by atoms with Crippen LogP contribution in [0.2, 0.25) is 0 Å². The maximum absolute atomic E-state index is 13.9. The number of hydrogen-bond acceptors (Lipinski definition) is 4. The van der Waals surface area contributed by atoms with Crippen LogP contribution in [0.25, 0.3) is 11.0 Å². The highest BCUT2D eigenvalue weighted by Gasteiger charge is 2.14. The van der Waals surface area contributed by atoms with Crippen LogP contribution < -0.4 is 5.32 Å². The summed E-state index contributed by atoms with van der Waals surface area (Å²) >= 11 is 0. The van der Waals surface area contributed by atoms with Crippen molar-refractivity contribution in [3.8, 4) is 0 Å². The number of rotatable bonds is 4. The quantitative estimate of drug-likeness (QED) is 0.533. The number of fused-ring (bicyclic) bond motifs is 1. The van der Waals surface area contributed by atoms with Gasteiger partial charge < -0.3 is 5.32 Å². The monoisotopic (exact) mass is 336 g/mol. The zero-order valence-electron chi connectivity index (χ0n) is 13.0. The molecule has 3 N–H and O–H groups in total. The topological polar surface area (TPSA) is 99.4 Å². The fourth-order valence-corrected chi connectivity index (χ4v) is 2.56. The van der Waals surface area contributed by atoms with Crippen LogP contribution >= 0.6 is 0 Å². The Balaban J connectivity index is 1.50. The van der Waals surface area contributed by atoms with Gasteiger partial charge in [0, 0.05) is 23.7 Å². The number of nitrogens with zero attached hydrogens (tertiary/aromatic N) is 3. The first-order valence-corrected chi connectivity index (χ1v) is 7.58. The summed E-state index contributed by atoms with van der Waals surface area (Å²) in [4.78, 5) is 12.3. The summed E-state index contributed by atoms with van der Waals surface area (Å²) in [7, 11) is 0. The van der Waals surface area contributed by atoms with Crippen molar-refractivity contribution in [1.29, 1.82) is 0 Å². The summed E-state index contributed by atoms with van der Waals surface area (Å²) in [6.07, 6.45) is 0.670. The van der Waals surface area contributed by atoms with Gasteiger partial charge in [-0.25, -0.2) is 4.39 Å². The van der Waals surface area contributed by atoms with Crippen LogP contribution in [0.15, 0.2) is 48.5 Å². The van der Waals surface area contributed by atoms with Crippen molar-refractivity contribution >= 4 is 22.8 Å². The van der Waals surface area contributed by atoms with Gasteiger partial charge in [0.15, 0.2) is 11.6 Å². The Hall–Kier alpha value is -3.55. The number of carbonyl (C=O) groups is 1. The highest BCUT2D eigenvalue weighted by atomic mass is 19.1. The number of amides is 1. The first-order chi connectivity index (χ1) is 12.2. The minimum atomic E-state index is -0.608. The van der Waals surface area contributed by atoms with Gasteiger partial charge in [-0.15, -0.1) is 0 Å². The Morgan fingerprint density at radius 2 is 1.92 bits per heavy atom. The molecule has 2 aromatic carbocycles. The molecule has 0 aliphatic carbocycles. The van der Waals surface area contributed by atoms with E-state index in [2.05, 4.69) is 30.9 Å². The molecule has 0 spiro atoms. The SMILES string of the molecule is O=C(Nc1cc(Cc2ccccc2)[nH]n1)c1cc(F)c2n[nH]nc2c1. The predicted octanol–water partition coefficient (Wildman–Crippen LogP) is 2.66. The van der Waals surface area contributed by atoms with E-state index in [0.29, 0.717) is 12.2 Å². The largest absolute Gasteiger partial charge is 0.305 e. The number of halogens is 1. The molecular weight excluding hydrogens is 323 g/mol. The lowest BCUT2D eigenvalue weighted by Crippen LogP contribution is -2.12. The van der Waals surface area contributed by atoms with E-state index in [4.69, 9.17) is 0 Å². The molecule has 0 bridgehead atoms. The molecule has 1 amide bonds. The lowest BCUT2D eigenvalue weighted by molar-refractivity contribution is 0.102. The zero-order chi connectivity index (χ0) is 17.2. The molecule has 7 nitrogen and oxygen atoms in total. The average Bonchev–Trinajstić information content (AvgIpc) is 3.25. The van der Waals surface area contributed by atoms with Gasteiger partial charge in [0.05, 0.1) is 0 Å². The number of aromatic nitrogens is 5. The van der Waals surface area contributed by atoms with E-state index in [1.54, 1.807) is 6.07 Å². The van der Waals surface area contributed by atoms with Crippen molar-refractivity contribution in [2.24, 2.45) is 0 Å². The smallest absolute Gasteiger partial charge is 0.257 e. The van der Waals surface area contributed by atoms with E-state index >= 15 is 0 Å². The number of hydrogen-bond donors (Lipinski definition) is 3. The number of aromatic amines is 2. The molecule has 0 fully saturated rings. The predicted molar refractivity (Wildman–Crippen MR) is 89.6 cm³/mol. The Bertz CT molecular complexity index is 1040. The second-order valence-electron chi connectivity index (χ2n) is 5.54. The molecule has 0 atom stereocenters. The Labute approximate surface area is 141 Å². The summed E-state index contributed by atoms with van der Waals surface area (Å²) in [5.41, 5.74) is 2.52. The van der Waals surface area contributed by atoms with E-state index < -0.39 is 11.7 Å². The molecule has 4 aromatic rings. The zero-order valence-corrected chi connectivity index (χ0v) is 13.0. The first kappa shape index (κ1) is 15.0. The fourth-order valence-electron chi connectivity index (χ4n) is 2.56. The summed E-state index contributed by atoms with van der Waals surface area (Å²) in [5, 5.41) is 19.4. The van der Waals surface area contributed by atoms with Crippen LogP contribution in [0.1, 0.15) is 21.6 Å². The van der Waals surface area contributed by atoms with E-state index in [1.807, 2.05) is 30.3 Å². The van der Waals surface area contributed by atoms with Crippen molar-refractivity contribution < 1.29 is 9.18 Å². The van der Waals surface area contributed by atoms with Gasteiger partial charge in [0.25, 0.3) is 5.91 Å². The first-order valence-electron chi connectivity index (χ1n) is 7.58. The third-order valence-electron chi connectivity index (χ3n) is 3.75. The molecule has 4 rings (SSSR count). The number of benzene rings is 2. The normalized spacial score (nSPS) is 10.9. The van der Waals surface area contributed by atoms with Gasteiger partial charge in [-0.1, -0.05) is 30.3 Å². The molecule has 2 aromatic heterocycles. The third-order valence-corrected chi connectivity index (χ3v) is 3.75. The van der Waals surface area contributed by atoms with Crippen molar-refractivity contribution in [3.63, 3.8) is 0 Å². The molecule has 8 heteroatoms. The second kappa shape index (κ2) is 6.16. The van der Waals surface area contributed by atoms with Crippen LogP contribution in [0.5, 0.6) is 0 Å². The van der Waals surface area contributed by atoms with Crippen LogP contribution in [-0.2, 0) is 6.42 Å². The number of anilines is 1. The van der Waals surface area contributed by atoms with E-state index in [0.717, 1.165) is 17.3 Å². The lowest BCUT2D eigenvalue weighted by Gasteiger charge is -2.02. The number of nitrogens with one attached hydrogen (secondary N) is 3. The van der Waals surface area contributed by atoms with Gasteiger partial charge in [-0.05, 0) is 17.7 Å². The van der Waals surface area contributed by atoms with Crippen LogP contribution in [0, 0.1) is 5.82 Å². The van der Waals surface area contributed by atoms with Gasteiger partial charge >= 0.3 is 0 Å². The van der Waals surface area contributed by atoms with Crippen molar-refractivity contribution in [2.45, 2.75) is 6.42 Å². The van der Waals surface area contributed by atoms with Crippen LogP contribution in [-0.4, -0.2) is 31.5 Å². The minimum absolute atomic E-state index is 0.0986. The number of H-pyrrole nitrogens is 2. The molecule has 124 valence electrons. The lowest BCUT2D eigenvalue weighted by atomic mass is 10.1. The molecule has 0 aliphatic heterocycles. The van der Waals surface area contributed by atoms with Crippen molar-refractivity contribution in [3.05, 3.63) is 71.2 Å². The third kappa shape index (κ3) is 3.09. The maximum Gasteiger partial charge on any atom is 0.257 e. The molecule has 0 unspecified atom stereocenters. The highest BCUT2D eigenvalue weighted by molar-refractivity contribution is 6.05. The summed E-state index contributed by atoms with van der Waals surface area (Å²) in [5.74, 6) is -0.707. The number of carbonyl (C=O) groups excluding carboxylic acids is 1. The maximum atomic E-state index is 13.9. The molecule has 25 heavy (non-hydrogen) atoms.